The third-order valence-corrected chi connectivity index (χ3v) is 4.45. The summed E-state index contributed by atoms with van der Waals surface area (Å²) in [5, 5.41) is 3.70. The predicted molar refractivity (Wildman–Crippen MR) is 79.5 cm³/mol. The van der Waals surface area contributed by atoms with E-state index in [2.05, 4.69) is 46.9 Å². The van der Waals surface area contributed by atoms with Gasteiger partial charge in [-0.15, -0.1) is 0 Å². The van der Waals surface area contributed by atoms with E-state index in [1.807, 2.05) is 0 Å². The van der Waals surface area contributed by atoms with E-state index in [9.17, 15) is 0 Å². The van der Waals surface area contributed by atoms with E-state index >= 15 is 0 Å². The molecule has 1 unspecified atom stereocenters. The normalized spacial score (nSPS) is 15.5. The average molecular weight is 241 g/mol. The zero-order chi connectivity index (χ0) is 13.3. The first kappa shape index (κ1) is 17.0. The van der Waals surface area contributed by atoms with E-state index in [-0.39, 0.29) is 0 Å². The Balaban J connectivity index is 4.71. The van der Waals surface area contributed by atoms with Gasteiger partial charge in [0.05, 0.1) is 0 Å². The van der Waals surface area contributed by atoms with E-state index in [4.69, 9.17) is 0 Å². The maximum absolute atomic E-state index is 3.70. The van der Waals surface area contributed by atoms with Crippen LogP contribution >= 0.6 is 0 Å². The Labute approximate surface area is 110 Å². The van der Waals surface area contributed by atoms with Crippen LogP contribution in [0.5, 0.6) is 0 Å². The van der Waals surface area contributed by atoms with Gasteiger partial charge in [-0.3, -0.25) is 0 Å². The Kier molecular flexibility index (Phi) is 8.94. The summed E-state index contributed by atoms with van der Waals surface area (Å²) >= 11 is 0. The predicted octanol–water partition coefficient (Wildman–Crippen LogP) is 5.01. The summed E-state index contributed by atoms with van der Waals surface area (Å²) in [6.45, 7) is 15.1. The highest BCUT2D eigenvalue weighted by Gasteiger charge is 2.34. The zero-order valence-corrected chi connectivity index (χ0v) is 13.1. The van der Waals surface area contributed by atoms with Crippen molar-refractivity contribution in [2.45, 2.75) is 86.1 Å². The van der Waals surface area contributed by atoms with Crippen molar-refractivity contribution in [2.24, 2.45) is 11.3 Å². The second kappa shape index (κ2) is 8.97. The lowest BCUT2D eigenvalue weighted by Gasteiger charge is -2.41. The van der Waals surface area contributed by atoms with Crippen molar-refractivity contribution in [3.63, 3.8) is 0 Å². The molecule has 1 nitrogen and oxygen atoms in total. The molecule has 0 rings (SSSR count). The van der Waals surface area contributed by atoms with Gasteiger partial charge in [-0.1, -0.05) is 67.2 Å². The van der Waals surface area contributed by atoms with E-state index in [1.165, 1.54) is 45.1 Å². The summed E-state index contributed by atoms with van der Waals surface area (Å²) in [7, 11) is 0. The Morgan fingerprint density at radius 2 is 1.59 bits per heavy atom. The van der Waals surface area contributed by atoms with Crippen LogP contribution in [-0.4, -0.2) is 12.6 Å². The lowest BCUT2D eigenvalue weighted by molar-refractivity contribution is 0.115. The van der Waals surface area contributed by atoms with Gasteiger partial charge in [0.25, 0.3) is 0 Å². The number of hydrogen-bond acceptors (Lipinski definition) is 1. The van der Waals surface area contributed by atoms with Crippen molar-refractivity contribution in [2.75, 3.05) is 6.54 Å². The van der Waals surface area contributed by atoms with E-state index in [1.54, 1.807) is 0 Å². The van der Waals surface area contributed by atoms with Crippen molar-refractivity contribution < 1.29 is 0 Å². The summed E-state index contributed by atoms with van der Waals surface area (Å²) in [5.41, 5.74) is 0.532. The van der Waals surface area contributed by atoms with Gasteiger partial charge in [0.15, 0.2) is 0 Å². The van der Waals surface area contributed by atoms with Crippen molar-refractivity contribution in [3.8, 4) is 0 Å². The first-order valence-electron chi connectivity index (χ1n) is 7.79. The van der Waals surface area contributed by atoms with E-state index < -0.39 is 0 Å². The van der Waals surface area contributed by atoms with Crippen molar-refractivity contribution in [3.05, 3.63) is 0 Å². The minimum Gasteiger partial charge on any atom is -0.314 e. The van der Waals surface area contributed by atoms with Gasteiger partial charge in [0, 0.05) is 12.6 Å². The third kappa shape index (κ3) is 5.42. The van der Waals surface area contributed by atoms with E-state index in [0.29, 0.717) is 11.5 Å². The fourth-order valence-corrected chi connectivity index (χ4v) is 3.12. The summed E-state index contributed by atoms with van der Waals surface area (Å²) < 4.78 is 0. The molecule has 0 radical (unpaired) electrons. The fraction of sp³-hybridized carbons (Fsp3) is 1.00. The SMILES string of the molecule is CCCCC(CC)(CNC(C)C)C(CC)CC. The molecule has 1 heteroatoms. The van der Waals surface area contributed by atoms with Crippen LogP contribution in [0.25, 0.3) is 0 Å². The van der Waals surface area contributed by atoms with Gasteiger partial charge >= 0.3 is 0 Å². The molecule has 0 heterocycles. The molecule has 0 aliphatic heterocycles. The van der Waals surface area contributed by atoms with E-state index in [0.717, 1.165) is 5.92 Å². The number of hydrogen-bond donors (Lipinski definition) is 1. The molecule has 0 aliphatic carbocycles. The van der Waals surface area contributed by atoms with Gasteiger partial charge in [0.1, 0.15) is 0 Å². The maximum Gasteiger partial charge on any atom is 0.00127 e. The molecule has 0 fully saturated rings. The molecule has 0 spiro atoms. The Morgan fingerprint density at radius 1 is 1.00 bits per heavy atom. The molecule has 0 bridgehead atoms. The highest BCUT2D eigenvalue weighted by molar-refractivity contribution is 4.87. The minimum absolute atomic E-state index is 0.532. The monoisotopic (exact) mass is 241 g/mol. The summed E-state index contributed by atoms with van der Waals surface area (Å²) in [6, 6.07) is 0.608. The molecule has 1 N–H and O–H groups in total. The van der Waals surface area contributed by atoms with Crippen LogP contribution in [0.2, 0.25) is 0 Å². The van der Waals surface area contributed by atoms with Gasteiger partial charge in [-0.05, 0) is 24.2 Å². The molecule has 0 amide bonds. The topological polar surface area (TPSA) is 12.0 Å². The highest BCUT2D eigenvalue weighted by atomic mass is 14.9. The van der Waals surface area contributed by atoms with Gasteiger partial charge in [-0.25, -0.2) is 0 Å². The molecule has 1 atom stereocenters. The van der Waals surface area contributed by atoms with Crippen LogP contribution in [0.3, 0.4) is 0 Å². The number of rotatable bonds is 10. The molecule has 17 heavy (non-hydrogen) atoms. The maximum atomic E-state index is 3.70. The van der Waals surface area contributed by atoms with Crippen LogP contribution in [0, 0.1) is 11.3 Å². The number of nitrogens with one attached hydrogen (secondary N) is 1. The smallest absolute Gasteiger partial charge is 0.00127 e. The van der Waals surface area contributed by atoms with Crippen molar-refractivity contribution >= 4 is 0 Å². The molecule has 0 aromatic rings. The van der Waals surface area contributed by atoms with Crippen LogP contribution < -0.4 is 5.32 Å². The minimum atomic E-state index is 0.532. The van der Waals surface area contributed by atoms with Gasteiger partial charge in [-0.2, -0.15) is 0 Å². The standard InChI is InChI=1S/C16H35N/c1-7-11-12-16(10-4,13-17-14(5)6)15(8-2)9-3/h14-15,17H,7-13H2,1-6H3. The highest BCUT2D eigenvalue weighted by Crippen LogP contribution is 2.40. The zero-order valence-electron chi connectivity index (χ0n) is 13.1. The second-order valence-corrected chi connectivity index (χ2v) is 5.87. The first-order valence-corrected chi connectivity index (χ1v) is 7.79. The molecule has 0 aromatic carbocycles. The van der Waals surface area contributed by atoms with Crippen LogP contribution in [-0.2, 0) is 0 Å². The second-order valence-electron chi connectivity index (χ2n) is 5.87. The molecule has 0 saturated carbocycles. The summed E-state index contributed by atoms with van der Waals surface area (Å²) in [4.78, 5) is 0. The largest absolute Gasteiger partial charge is 0.314 e. The number of unbranched alkanes of at least 4 members (excludes halogenated alkanes) is 1. The van der Waals surface area contributed by atoms with Crippen LogP contribution in [0.15, 0.2) is 0 Å². The quantitative estimate of drug-likeness (QED) is 0.567. The first-order chi connectivity index (χ1) is 8.06. The van der Waals surface area contributed by atoms with Gasteiger partial charge < -0.3 is 5.32 Å². The van der Waals surface area contributed by atoms with Crippen molar-refractivity contribution in [1.29, 1.82) is 0 Å². The van der Waals surface area contributed by atoms with Crippen molar-refractivity contribution in [1.82, 2.24) is 5.32 Å². The fourth-order valence-electron chi connectivity index (χ4n) is 3.12. The van der Waals surface area contributed by atoms with Gasteiger partial charge in [0.2, 0.25) is 0 Å². The summed E-state index contributed by atoms with van der Waals surface area (Å²) in [5.74, 6) is 0.880. The lowest BCUT2D eigenvalue weighted by Crippen LogP contribution is -2.42. The van der Waals surface area contributed by atoms with Crippen LogP contribution in [0.4, 0.5) is 0 Å². The Hall–Kier alpha value is -0.0400. The molecule has 0 saturated heterocycles. The summed E-state index contributed by atoms with van der Waals surface area (Å²) in [6.07, 6.45) is 8.07. The lowest BCUT2D eigenvalue weighted by atomic mass is 9.67. The molecule has 0 aromatic heterocycles. The Morgan fingerprint density at radius 3 is 1.94 bits per heavy atom. The molecular formula is C16H35N. The van der Waals surface area contributed by atoms with Crippen LogP contribution in [0.1, 0.15) is 80.1 Å². The third-order valence-electron chi connectivity index (χ3n) is 4.45. The average Bonchev–Trinajstić information content (AvgIpc) is 2.33. The molecular weight excluding hydrogens is 206 g/mol. The Bertz CT molecular complexity index is 172. The molecule has 0 aliphatic rings. The molecule has 104 valence electrons.